The maximum absolute atomic E-state index is 6.31. The minimum atomic E-state index is -0.0346. The molecule has 7 heteroatoms. The third kappa shape index (κ3) is 2.80. The third-order valence-corrected chi connectivity index (χ3v) is 3.67. The summed E-state index contributed by atoms with van der Waals surface area (Å²) in [7, 11) is 1.88. The van der Waals surface area contributed by atoms with Crippen LogP contribution in [-0.4, -0.2) is 19.6 Å². The average Bonchev–Trinajstić information content (AvgIpc) is 2.93. The molecule has 2 aromatic heterocycles. The fraction of sp³-hybridized carbons (Fsp3) is 0.500. The van der Waals surface area contributed by atoms with Gasteiger partial charge in [-0.1, -0.05) is 11.6 Å². The molecule has 1 atom stereocenters. The molecule has 0 aliphatic carbocycles. The van der Waals surface area contributed by atoms with Crippen molar-refractivity contribution in [1.29, 1.82) is 0 Å². The number of halogens is 1. The summed E-state index contributed by atoms with van der Waals surface area (Å²) in [5.41, 5.74) is 5.69. The first kappa shape index (κ1) is 14.0. The number of nitrogens with zero attached hydrogens (tertiary/aromatic N) is 4. The second-order valence-corrected chi connectivity index (χ2v) is 4.91. The number of hydrazine groups is 1. The predicted octanol–water partition coefficient (Wildman–Crippen LogP) is 1.35. The van der Waals surface area contributed by atoms with E-state index in [1.54, 1.807) is 10.9 Å². The lowest BCUT2D eigenvalue weighted by atomic mass is 10.1. The molecule has 0 spiro atoms. The van der Waals surface area contributed by atoms with Crippen LogP contribution < -0.4 is 11.3 Å². The summed E-state index contributed by atoms with van der Waals surface area (Å²) in [6.45, 7) is 4.74. The van der Waals surface area contributed by atoms with E-state index in [-0.39, 0.29) is 6.04 Å². The standard InChI is InChI=1S/C12H19ClN6/c1-4-19-11(12(13)8(2)17-19)5-10(16-14)9-6-15-18(3)7-9/h6-7,10,16H,4-5,14H2,1-3H3. The predicted molar refractivity (Wildman–Crippen MR) is 74.6 cm³/mol. The molecule has 1 unspecified atom stereocenters. The molecule has 0 bridgehead atoms. The van der Waals surface area contributed by atoms with E-state index in [2.05, 4.69) is 15.6 Å². The van der Waals surface area contributed by atoms with Crippen LogP contribution in [0.15, 0.2) is 12.4 Å². The number of hydrogen-bond donors (Lipinski definition) is 2. The number of nitrogens with two attached hydrogens (primary N) is 1. The maximum atomic E-state index is 6.31. The normalized spacial score (nSPS) is 12.9. The molecule has 0 radical (unpaired) electrons. The second kappa shape index (κ2) is 5.73. The summed E-state index contributed by atoms with van der Waals surface area (Å²) < 4.78 is 3.67. The van der Waals surface area contributed by atoms with Crippen molar-refractivity contribution in [3.63, 3.8) is 0 Å². The largest absolute Gasteiger partial charge is 0.275 e. The molecule has 19 heavy (non-hydrogen) atoms. The SMILES string of the molecule is CCn1nc(C)c(Cl)c1CC(NN)c1cnn(C)c1. The van der Waals surface area contributed by atoms with E-state index in [9.17, 15) is 0 Å². The molecule has 104 valence electrons. The van der Waals surface area contributed by atoms with E-state index >= 15 is 0 Å². The first-order chi connectivity index (χ1) is 9.06. The Labute approximate surface area is 117 Å². The second-order valence-electron chi connectivity index (χ2n) is 4.53. The first-order valence-electron chi connectivity index (χ1n) is 6.23. The highest BCUT2D eigenvalue weighted by atomic mass is 35.5. The fourth-order valence-electron chi connectivity index (χ4n) is 2.15. The van der Waals surface area contributed by atoms with Crippen molar-refractivity contribution in [3.8, 4) is 0 Å². The quantitative estimate of drug-likeness (QED) is 0.641. The Kier molecular flexibility index (Phi) is 4.24. The zero-order valence-electron chi connectivity index (χ0n) is 11.4. The van der Waals surface area contributed by atoms with Crippen LogP contribution in [0.25, 0.3) is 0 Å². The molecule has 0 saturated carbocycles. The Hall–Kier alpha value is -1.37. The maximum Gasteiger partial charge on any atom is 0.0847 e. The fourth-order valence-corrected chi connectivity index (χ4v) is 2.36. The van der Waals surface area contributed by atoms with Crippen molar-refractivity contribution < 1.29 is 0 Å². The highest BCUT2D eigenvalue weighted by molar-refractivity contribution is 6.31. The van der Waals surface area contributed by atoms with Crippen molar-refractivity contribution in [2.24, 2.45) is 12.9 Å². The summed E-state index contributed by atoms with van der Waals surface area (Å²) in [4.78, 5) is 0. The Bertz CT molecular complexity index is 559. The van der Waals surface area contributed by atoms with Crippen molar-refractivity contribution in [1.82, 2.24) is 25.0 Å². The summed E-state index contributed by atoms with van der Waals surface area (Å²) in [6, 6.07) is -0.0346. The minimum absolute atomic E-state index is 0.0346. The molecule has 3 N–H and O–H groups in total. The van der Waals surface area contributed by atoms with Gasteiger partial charge in [0.15, 0.2) is 0 Å². The van der Waals surface area contributed by atoms with E-state index in [4.69, 9.17) is 17.4 Å². The molecule has 0 saturated heterocycles. The Morgan fingerprint density at radius 3 is 2.79 bits per heavy atom. The molecular formula is C12H19ClN6. The minimum Gasteiger partial charge on any atom is -0.275 e. The van der Waals surface area contributed by atoms with Crippen molar-refractivity contribution in [2.75, 3.05) is 0 Å². The lowest BCUT2D eigenvalue weighted by Gasteiger charge is -2.15. The van der Waals surface area contributed by atoms with Gasteiger partial charge < -0.3 is 0 Å². The highest BCUT2D eigenvalue weighted by Gasteiger charge is 2.19. The van der Waals surface area contributed by atoms with Gasteiger partial charge in [-0.05, 0) is 13.8 Å². The summed E-state index contributed by atoms with van der Waals surface area (Å²) in [6.07, 6.45) is 4.42. The summed E-state index contributed by atoms with van der Waals surface area (Å²) in [5, 5.41) is 9.29. The van der Waals surface area contributed by atoms with Gasteiger partial charge in [0.05, 0.1) is 28.6 Å². The molecule has 2 rings (SSSR count). The number of hydrogen-bond acceptors (Lipinski definition) is 4. The summed E-state index contributed by atoms with van der Waals surface area (Å²) >= 11 is 6.31. The zero-order valence-corrected chi connectivity index (χ0v) is 12.1. The van der Waals surface area contributed by atoms with Crippen LogP contribution in [0.1, 0.15) is 29.9 Å². The first-order valence-corrected chi connectivity index (χ1v) is 6.61. The smallest absolute Gasteiger partial charge is 0.0847 e. The Morgan fingerprint density at radius 1 is 1.53 bits per heavy atom. The van der Waals surface area contributed by atoms with Gasteiger partial charge in [0.25, 0.3) is 0 Å². The van der Waals surface area contributed by atoms with Gasteiger partial charge in [0.2, 0.25) is 0 Å². The molecule has 2 heterocycles. The molecule has 0 aliphatic heterocycles. The van der Waals surface area contributed by atoms with Gasteiger partial charge in [0, 0.05) is 31.8 Å². The van der Waals surface area contributed by atoms with E-state index < -0.39 is 0 Å². The van der Waals surface area contributed by atoms with E-state index in [0.29, 0.717) is 11.4 Å². The van der Waals surface area contributed by atoms with Crippen LogP contribution in [0.3, 0.4) is 0 Å². The van der Waals surface area contributed by atoms with Crippen molar-refractivity contribution in [3.05, 3.63) is 34.4 Å². The van der Waals surface area contributed by atoms with Crippen molar-refractivity contribution in [2.45, 2.75) is 32.9 Å². The lowest BCUT2D eigenvalue weighted by Crippen LogP contribution is -2.30. The number of aryl methyl sites for hydroxylation is 3. The number of rotatable bonds is 5. The van der Waals surface area contributed by atoms with E-state index in [1.807, 2.05) is 31.8 Å². The Balaban J connectivity index is 2.28. The zero-order chi connectivity index (χ0) is 14.0. The van der Waals surface area contributed by atoms with Gasteiger partial charge in [-0.15, -0.1) is 0 Å². The number of nitrogens with one attached hydrogen (secondary N) is 1. The highest BCUT2D eigenvalue weighted by Crippen LogP contribution is 2.25. The molecule has 0 amide bonds. The molecule has 6 nitrogen and oxygen atoms in total. The average molecular weight is 283 g/mol. The monoisotopic (exact) mass is 282 g/mol. The van der Waals surface area contributed by atoms with Crippen LogP contribution >= 0.6 is 11.6 Å². The van der Waals surface area contributed by atoms with Gasteiger partial charge in [0.1, 0.15) is 0 Å². The van der Waals surface area contributed by atoms with Gasteiger partial charge in [-0.2, -0.15) is 10.2 Å². The van der Waals surface area contributed by atoms with Crippen LogP contribution in [0.5, 0.6) is 0 Å². The number of aromatic nitrogens is 4. The van der Waals surface area contributed by atoms with Crippen molar-refractivity contribution >= 4 is 11.6 Å². The molecule has 0 aromatic carbocycles. The van der Waals surface area contributed by atoms with Gasteiger partial charge in [-0.3, -0.25) is 20.6 Å². The summed E-state index contributed by atoms with van der Waals surface area (Å²) in [5.74, 6) is 5.65. The lowest BCUT2D eigenvalue weighted by molar-refractivity contribution is 0.516. The third-order valence-electron chi connectivity index (χ3n) is 3.18. The van der Waals surface area contributed by atoms with Crippen LogP contribution in [0.2, 0.25) is 5.02 Å². The van der Waals surface area contributed by atoms with E-state index in [0.717, 1.165) is 23.5 Å². The van der Waals surface area contributed by atoms with Crippen LogP contribution in [0.4, 0.5) is 0 Å². The van der Waals surface area contributed by atoms with Crippen LogP contribution in [0, 0.1) is 6.92 Å². The molecule has 2 aromatic rings. The van der Waals surface area contributed by atoms with Crippen LogP contribution in [-0.2, 0) is 20.0 Å². The van der Waals surface area contributed by atoms with Gasteiger partial charge in [-0.25, -0.2) is 0 Å². The Morgan fingerprint density at radius 2 is 2.26 bits per heavy atom. The molecule has 0 aliphatic rings. The topological polar surface area (TPSA) is 73.7 Å². The van der Waals surface area contributed by atoms with Gasteiger partial charge >= 0.3 is 0 Å². The molecule has 0 fully saturated rings. The van der Waals surface area contributed by atoms with E-state index in [1.165, 1.54) is 0 Å². The molecular weight excluding hydrogens is 264 g/mol.